The number of carbonyl (C=O) groups is 1. The number of Topliss-reactive ketones (excluding diaryl/α,β-unsaturated/α-hetero) is 1. The molecule has 0 aliphatic carbocycles. The van der Waals surface area contributed by atoms with E-state index in [9.17, 15) is 4.79 Å². The molecule has 2 aromatic carbocycles. The summed E-state index contributed by atoms with van der Waals surface area (Å²) in [5.74, 6) is 0.512. The zero-order valence-electron chi connectivity index (χ0n) is 13.4. The van der Waals surface area contributed by atoms with Crippen LogP contribution in [0, 0.1) is 19.8 Å². The minimum absolute atomic E-state index is 0.0571. The Morgan fingerprint density at radius 3 is 2.24 bits per heavy atom. The van der Waals surface area contributed by atoms with Gasteiger partial charge in [-0.15, -0.1) is 0 Å². The Hall–Kier alpha value is -1.89. The fourth-order valence-corrected chi connectivity index (χ4v) is 2.71. The first kappa shape index (κ1) is 15.5. The van der Waals surface area contributed by atoms with E-state index in [0.717, 1.165) is 17.5 Å². The maximum absolute atomic E-state index is 13.0. The Morgan fingerprint density at radius 2 is 1.67 bits per heavy atom. The van der Waals surface area contributed by atoms with E-state index >= 15 is 0 Å². The summed E-state index contributed by atoms with van der Waals surface area (Å²) in [5, 5.41) is 0. The zero-order chi connectivity index (χ0) is 15.4. The fraction of sp³-hybridized carbons (Fsp3) is 0.350. The molecule has 0 fully saturated rings. The molecule has 2 aromatic rings. The Balaban J connectivity index is 2.41. The van der Waals surface area contributed by atoms with E-state index in [1.807, 2.05) is 36.4 Å². The number of carbonyl (C=O) groups excluding carboxylic acids is 1. The molecule has 2 unspecified atom stereocenters. The Bertz CT molecular complexity index is 613. The van der Waals surface area contributed by atoms with Crippen LogP contribution >= 0.6 is 0 Å². The molecule has 2 atom stereocenters. The van der Waals surface area contributed by atoms with Crippen LogP contribution in [-0.4, -0.2) is 5.78 Å². The highest BCUT2D eigenvalue weighted by molar-refractivity contribution is 6.01. The third-order valence-electron chi connectivity index (χ3n) is 4.45. The SMILES string of the molecule is CCC(C)C(C(=O)c1ccc(C)c(C)c1)c1ccccc1. The van der Waals surface area contributed by atoms with Crippen LogP contribution in [-0.2, 0) is 0 Å². The molecule has 0 aromatic heterocycles. The number of aryl methyl sites for hydroxylation is 2. The minimum Gasteiger partial charge on any atom is -0.293 e. The maximum Gasteiger partial charge on any atom is 0.170 e. The average Bonchev–Trinajstić information content (AvgIpc) is 2.51. The lowest BCUT2D eigenvalue weighted by Crippen LogP contribution is -2.20. The molecule has 0 heterocycles. The lowest BCUT2D eigenvalue weighted by molar-refractivity contribution is 0.0932. The lowest BCUT2D eigenvalue weighted by Gasteiger charge is -2.22. The van der Waals surface area contributed by atoms with Gasteiger partial charge in [0.05, 0.1) is 0 Å². The second kappa shape index (κ2) is 6.71. The molecule has 0 bridgehead atoms. The van der Waals surface area contributed by atoms with E-state index in [0.29, 0.717) is 5.92 Å². The molecule has 2 rings (SSSR count). The molecule has 1 heteroatoms. The van der Waals surface area contributed by atoms with Gasteiger partial charge in [0.25, 0.3) is 0 Å². The second-order valence-electron chi connectivity index (χ2n) is 5.94. The normalized spacial score (nSPS) is 13.7. The van der Waals surface area contributed by atoms with E-state index in [4.69, 9.17) is 0 Å². The van der Waals surface area contributed by atoms with Gasteiger partial charge in [0.15, 0.2) is 5.78 Å². The van der Waals surface area contributed by atoms with Gasteiger partial charge in [0, 0.05) is 11.5 Å². The molecule has 110 valence electrons. The van der Waals surface area contributed by atoms with Gasteiger partial charge in [-0.3, -0.25) is 4.79 Å². The van der Waals surface area contributed by atoms with Crippen LogP contribution in [0.1, 0.15) is 53.2 Å². The van der Waals surface area contributed by atoms with Crippen molar-refractivity contribution in [2.45, 2.75) is 40.0 Å². The first-order chi connectivity index (χ1) is 10.0. The van der Waals surface area contributed by atoms with E-state index in [2.05, 4.69) is 39.8 Å². The average molecular weight is 280 g/mol. The predicted molar refractivity (Wildman–Crippen MR) is 88.9 cm³/mol. The van der Waals surface area contributed by atoms with Crippen molar-refractivity contribution in [3.05, 3.63) is 70.8 Å². The molecule has 21 heavy (non-hydrogen) atoms. The summed E-state index contributed by atoms with van der Waals surface area (Å²) in [6.45, 7) is 8.45. The topological polar surface area (TPSA) is 17.1 Å². The second-order valence-corrected chi connectivity index (χ2v) is 5.94. The standard InChI is InChI=1S/C20H24O/c1-5-14(2)19(17-9-7-6-8-10-17)20(21)18-12-11-15(3)16(4)13-18/h6-14,19H,5H2,1-4H3. The molecule has 0 aliphatic heterocycles. The van der Waals surface area contributed by atoms with E-state index in [-0.39, 0.29) is 11.7 Å². The zero-order valence-corrected chi connectivity index (χ0v) is 13.4. The van der Waals surface area contributed by atoms with Gasteiger partial charge in [0.1, 0.15) is 0 Å². The molecule has 0 amide bonds. The van der Waals surface area contributed by atoms with Crippen molar-refractivity contribution in [3.8, 4) is 0 Å². The minimum atomic E-state index is -0.0571. The van der Waals surface area contributed by atoms with Crippen LogP contribution in [0.15, 0.2) is 48.5 Å². The van der Waals surface area contributed by atoms with Gasteiger partial charge in [-0.05, 0) is 42.5 Å². The largest absolute Gasteiger partial charge is 0.293 e. The Kier molecular flexibility index (Phi) is 4.95. The quantitative estimate of drug-likeness (QED) is 0.678. The van der Waals surface area contributed by atoms with Crippen molar-refractivity contribution in [2.75, 3.05) is 0 Å². The number of hydrogen-bond acceptors (Lipinski definition) is 1. The molecular formula is C20H24O. The third kappa shape index (κ3) is 3.41. The van der Waals surface area contributed by atoms with Crippen LogP contribution in [0.2, 0.25) is 0 Å². The van der Waals surface area contributed by atoms with Crippen molar-refractivity contribution in [1.82, 2.24) is 0 Å². The van der Waals surface area contributed by atoms with Gasteiger partial charge < -0.3 is 0 Å². The summed E-state index contributed by atoms with van der Waals surface area (Å²) in [4.78, 5) is 13.0. The highest BCUT2D eigenvalue weighted by Crippen LogP contribution is 2.31. The smallest absolute Gasteiger partial charge is 0.170 e. The summed E-state index contributed by atoms with van der Waals surface area (Å²) in [6.07, 6.45) is 0.996. The van der Waals surface area contributed by atoms with Crippen molar-refractivity contribution < 1.29 is 4.79 Å². The van der Waals surface area contributed by atoms with Gasteiger partial charge in [-0.1, -0.05) is 62.7 Å². The number of hydrogen-bond donors (Lipinski definition) is 0. The molecule has 1 nitrogen and oxygen atoms in total. The van der Waals surface area contributed by atoms with Crippen LogP contribution < -0.4 is 0 Å². The molecule has 0 spiro atoms. The van der Waals surface area contributed by atoms with Crippen molar-refractivity contribution >= 4 is 5.78 Å². The third-order valence-corrected chi connectivity index (χ3v) is 4.45. The van der Waals surface area contributed by atoms with Crippen LogP contribution in [0.3, 0.4) is 0 Å². The van der Waals surface area contributed by atoms with Gasteiger partial charge in [-0.25, -0.2) is 0 Å². The first-order valence-corrected chi connectivity index (χ1v) is 7.71. The summed E-state index contributed by atoms with van der Waals surface area (Å²) in [7, 11) is 0. The van der Waals surface area contributed by atoms with Gasteiger partial charge >= 0.3 is 0 Å². The fourth-order valence-electron chi connectivity index (χ4n) is 2.71. The highest BCUT2D eigenvalue weighted by atomic mass is 16.1. The molecule has 0 saturated heterocycles. The molecule has 0 saturated carbocycles. The van der Waals surface area contributed by atoms with Crippen molar-refractivity contribution in [2.24, 2.45) is 5.92 Å². The van der Waals surface area contributed by atoms with Crippen molar-refractivity contribution in [1.29, 1.82) is 0 Å². The van der Waals surface area contributed by atoms with E-state index in [1.165, 1.54) is 11.1 Å². The summed E-state index contributed by atoms with van der Waals surface area (Å²) >= 11 is 0. The summed E-state index contributed by atoms with van der Waals surface area (Å²) < 4.78 is 0. The van der Waals surface area contributed by atoms with Gasteiger partial charge in [0.2, 0.25) is 0 Å². The predicted octanol–water partition coefficient (Wildman–Crippen LogP) is 5.32. The van der Waals surface area contributed by atoms with Crippen LogP contribution in [0.5, 0.6) is 0 Å². The van der Waals surface area contributed by atoms with Crippen LogP contribution in [0.25, 0.3) is 0 Å². The number of rotatable bonds is 5. The van der Waals surface area contributed by atoms with E-state index < -0.39 is 0 Å². The molecular weight excluding hydrogens is 256 g/mol. The van der Waals surface area contributed by atoms with Crippen LogP contribution in [0.4, 0.5) is 0 Å². The van der Waals surface area contributed by atoms with Crippen molar-refractivity contribution in [3.63, 3.8) is 0 Å². The first-order valence-electron chi connectivity index (χ1n) is 7.71. The summed E-state index contributed by atoms with van der Waals surface area (Å²) in [6, 6.07) is 16.2. The molecule has 0 radical (unpaired) electrons. The van der Waals surface area contributed by atoms with Gasteiger partial charge in [-0.2, -0.15) is 0 Å². The Labute approximate surface area is 128 Å². The maximum atomic E-state index is 13.0. The monoisotopic (exact) mass is 280 g/mol. The number of benzene rings is 2. The molecule has 0 aliphatic rings. The van der Waals surface area contributed by atoms with E-state index in [1.54, 1.807) is 0 Å². The Morgan fingerprint density at radius 1 is 1.00 bits per heavy atom. The summed E-state index contributed by atoms with van der Waals surface area (Å²) in [5.41, 5.74) is 4.35. The molecule has 0 N–H and O–H groups in total. The number of ketones is 1. The lowest BCUT2D eigenvalue weighted by atomic mass is 9.80. The highest BCUT2D eigenvalue weighted by Gasteiger charge is 2.26.